The van der Waals surface area contributed by atoms with Crippen LogP contribution in [0.1, 0.15) is 28.9 Å². The first kappa shape index (κ1) is 13.9. The van der Waals surface area contributed by atoms with Crippen molar-refractivity contribution in [3.8, 4) is 5.69 Å². The fourth-order valence-electron chi connectivity index (χ4n) is 2.15. The number of nitrogens with zero attached hydrogens (tertiary/aromatic N) is 4. The number of nitrogens with one attached hydrogen (secondary N) is 1. The van der Waals surface area contributed by atoms with E-state index in [-0.39, 0.29) is 11.9 Å². The van der Waals surface area contributed by atoms with Gasteiger partial charge in [0.2, 0.25) is 0 Å². The van der Waals surface area contributed by atoms with Crippen LogP contribution in [0.25, 0.3) is 5.69 Å². The highest BCUT2D eigenvalue weighted by atomic mass is 16.1. The Balaban J connectivity index is 1.70. The van der Waals surface area contributed by atoms with Crippen LogP contribution in [0, 0.1) is 0 Å². The number of tetrazole rings is 1. The molecule has 3 aromatic rings. The molecule has 0 saturated carbocycles. The zero-order chi connectivity index (χ0) is 15.4. The Morgan fingerprint density at radius 2 is 1.82 bits per heavy atom. The first-order valence-corrected chi connectivity index (χ1v) is 6.93. The van der Waals surface area contributed by atoms with Crippen molar-refractivity contribution in [2.24, 2.45) is 0 Å². The Labute approximate surface area is 127 Å². The van der Waals surface area contributed by atoms with Crippen molar-refractivity contribution in [2.75, 3.05) is 0 Å². The van der Waals surface area contributed by atoms with Gasteiger partial charge >= 0.3 is 0 Å². The molecular weight excluding hydrogens is 278 g/mol. The van der Waals surface area contributed by atoms with Crippen molar-refractivity contribution < 1.29 is 4.79 Å². The molecule has 0 radical (unpaired) electrons. The molecule has 1 aromatic heterocycles. The van der Waals surface area contributed by atoms with E-state index in [0.29, 0.717) is 5.56 Å². The molecule has 3 rings (SSSR count). The Morgan fingerprint density at radius 1 is 1.09 bits per heavy atom. The van der Waals surface area contributed by atoms with Crippen molar-refractivity contribution in [1.82, 2.24) is 25.5 Å². The third-order valence-electron chi connectivity index (χ3n) is 3.39. The van der Waals surface area contributed by atoms with Crippen LogP contribution in [0.4, 0.5) is 0 Å². The monoisotopic (exact) mass is 293 g/mol. The minimum Gasteiger partial charge on any atom is -0.346 e. The second-order valence-corrected chi connectivity index (χ2v) is 4.91. The highest BCUT2D eigenvalue weighted by Gasteiger charge is 2.11. The molecule has 0 aliphatic heterocycles. The van der Waals surface area contributed by atoms with Crippen LogP contribution in [0.15, 0.2) is 60.9 Å². The molecule has 6 nitrogen and oxygen atoms in total. The molecule has 0 aliphatic carbocycles. The average molecular weight is 293 g/mol. The lowest BCUT2D eigenvalue weighted by Gasteiger charge is -2.14. The summed E-state index contributed by atoms with van der Waals surface area (Å²) in [5.74, 6) is -0.111. The molecule has 0 unspecified atom stereocenters. The molecule has 0 spiro atoms. The maximum atomic E-state index is 12.3. The maximum Gasteiger partial charge on any atom is 0.251 e. The van der Waals surface area contributed by atoms with Crippen LogP contribution < -0.4 is 5.32 Å². The summed E-state index contributed by atoms with van der Waals surface area (Å²) < 4.78 is 1.54. The van der Waals surface area contributed by atoms with Gasteiger partial charge in [0.15, 0.2) is 0 Å². The van der Waals surface area contributed by atoms with Gasteiger partial charge in [-0.15, -0.1) is 5.10 Å². The van der Waals surface area contributed by atoms with Gasteiger partial charge in [0.25, 0.3) is 5.91 Å². The van der Waals surface area contributed by atoms with Gasteiger partial charge in [-0.05, 0) is 47.2 Å². The van der Waals surface area contributed by atoms with E-state index in [1.807, 2.05) is 37.3 Å². The van der Waals surface area contributed by atoms with Gasteiger partial charge in [-0.25, -0.2) is 4.68 Å². The molecule has 0 aliphatic rings. The number of amides is 1. The van der Waals surface area contributed by atoms with Crippen LogP contribution in [-0.4, -0.2) is 26.1 Å². The number of hydrogen-bond donors (Lipinski definition) is 1. The first-order valence-electron chi connectivity index (χ1n) is 6.93. The third-order valence-corrected chi connectivity index (χ3v) is 3.39. The van der Waals surface area contributed by atoms with Crippen molar-refractivity contribution in [1.29, 1.82) is 0 Å². The van der Waals surface area contributed by atoms with Gasteiger partial charge in [0, 0.05) is 5.56 Å². The van der Waals surface area contributed by atoms with Crippen molar-refractivity contribution in [3.05, 3.63) is 72.1 Å². The molecule has 22 heavy (non-hydrogen) atoms. The number of aromatic nitrogens is 4. The fraction of sp³-hybridized carbons (Fsp3) is 0.125. The SMILES string of the molecule is C[C@H](NC(=O)c1ccc(-n2cnnn2)cc1)c1ccccc1. The lowest BCUT2D eigenvalue weighted by molar-refractivity contribution is 0.0940. The first-order chi connectivity index (χ1) is 10.7. The van der Waals surface area contributed by atoms with Gasteiger partial charge in [-0.1, -0.05) is 30.3 Å². The van der Waals surface area contributed by atoms with Crippen LogP contribution in [0.2, 0.25) is 0 Å². The van der Waals surface area contributed by atoms with E-state index >= 15 is 0 Å². The molecule has 1 N–H and O–H groups in total. The largest absolute Gasteiger partial charge is 0.346 e. The number of benzene rings is 2. The average Bonchev–Trinajstić information content (AvgIpc) is 3.10. The molecule has 1 atom stereocenters. The van der Waals surface area contributed by atoms with Crippen LogP contribution in [-0.2, 0) is 0 Å². The summed E-state index contributed by atoms with van der Waals surface area (Å²) in [4.78, 5) is 12.3. The van der Waals surface area contributed by atoms with E-state index in [9.17, 15) is 4.79 Å². The quantitative estimate of drug-likeness (QED) is 0.800. The Hall–Kier alpha value is -3.02. The number of rotatable bonds is 4. The lowest BCUT2D eigenvalue weighted by Crippen LogP contribution is -2.26. The summed E-state index contributed by atoms with van der Waals surface area (Å²) in [5, 5.41) is 13.9. The van der Waals surface area contributed by atoms with E-state index in [0.717, 1.165) is 11.3 Å². The molecule has 0 saturated heterocycles. The van der Waals surface area contributed by atoms with E-state index in [1.54, 1.807) is 24.3 Å². The zero-order valence-corrected chi connectivity index (χ0v) is 12.0. The molecule has 110 valence electrons. The fourth-order valence-corrected chi connectivity index (χ4v) is 2.15. The van der Waals surface area contributed by atoms with Crippen LogP contribution in [0.5, 0.6) is 0 Å². The van der Waals surface area contributed by atoms with E-state index in [1.165, 1.54) is 11.0 Å². The molecule has 0 fully saturated rings. The zero-order valence-electron chi connectivity index (χ0n) is 12.0. The molecule has 1 heterocycles. The number of carbonyl (C=O) groups excluding carboxylic acids is 1. The van der Waals surface area contributed by atoms with Gasteiger partial charge in [0.1, 0.15) is 6.33 Å². The van der Waals surface area contributed by atoms with Crippen LogP contribution >= 0.6 is 0 Å². The topological polar surface area (TPSA) is 72.7 Å². The van der Waals surface area contributed by atoms with Crippen molar-refractivity contribution in [2.45, 2.75) is 13.0 Å². The molecule has 0 bridgehead atoms. The van der Waals surface area contributed by atoms with Gasteiger partial charge < -0.3 is 5.32 Å². The Morgan fingerprint density at radius 3 is 2.45 bits per heavy atom. The van der Waals surface area contributed by atoms with Gasteiger partial charge in [0.05, 0.1) is 11.7 Å². The highest BCUT2D eigenvalue weighted by Crippen LogP contribution is 2.13. The minimum atomic E-state index is -0.111. The Kier molecular flexibility index (Phi) is 3.91. The lowest BCUT2D eigenvalue weighted by atomic mass is 10.1. The number of carbonyl (C=O) groups is 1. The molecule has 6 heteroatoms. The summed E-state index contributed by atoms with van der Waals surface area (Å²) in [6, 6.07) is 16.9. The maximum absolute atomic E-state index is 12.3. The summed E-state index contributed by atoms with van der Waals surface area (Å²) in [6.07, 6.45) is 1.51. The van der Waals surface area contributed by atoms with Crippen LogP contribution in [0.3, 0.4) is 0 Å². The normalized spacial score (nSPS) is 11.9. The summed E-state index contributed by atoms with van der Waals surface area (Å²) >= 11 is 0. The van der Waals surface area contributed by atoms with E-state index < -0.39 is 0 Å². The molecule has 1 amide bonds. The highest BCUT2D eigenvalue weighted by molar-refractivity contribution is 5.94. The molecule has 2 aromatic carbocycles. The van der Waals surface area contributed by atoms with Crippen molar-refractivity contribution in [3.63, 3.8) is 0 Å². The number of hydrogen-bond acceptors (Lipinski definition) is 4. The summed E-state index contributed by atoms with van der Waals surface area (Å²) in [5.41, 5.74) is 2.47. The second-order valence-electron chi connectivity index (χ2n) is 4.91. The van der Waals surface area contributed by atoms with E-state index in [2.05, 4.69) is 20.8 Å². The third kappa shape index (κ3) is 3.01. The predicted octanol–water partition coefficient (Wildman–Crippen LogP) is 2.15. The Bertz CT molecular complexity index is 738. The van der Waals surface area contributed by atoms with Crippen molar-refractivity contribution >= 4 is 5.91 Å². The smallest absolute Gasteiger partial charge is 0.251 e. The predicted molar refractivity (Wildman–Crippen MR) is 81.5 cm³/mol. The second kappa shape index (κ2) is 6.17. The van der Waals surface area contributed by atoms with Gasteiger partial charge in [-0.3, -0.25) is 4.79 Å². The minimum absolute atomic E-state index is 0.0482. The standard InChI is InChI=1S/C16H15N5O/c1-12(13-5-3-2-4-6-13)18-16(22)14-7-9-15(10-8-14)21-11-17-19-20-21/h2-12H,1H3,(H,18,22)/t12-/m0/s1. The van der Waals surface area contributed by atoms with Gasteiger partial charge in [-0.2, -0.15) is 0 Å². The summed E-state index contributed by atoms with van der Waals surface area (Å²) in [7, 11) is 0. The van der Waals surface area contributed by atoms with E-state index in [4.69, 9.17) is 0 Å². The summed E-state index contributed by atoms with van der Waals surface area (Å²) in [6.45, 7) is 1.96. The molecular formula is C16H15N5O.